The van der Waals surface area contributed by atoms with Gasteiger partial charge >= 0.3 is 5.97 Å². The standard InChI is InChI=1S/C15H20N4O2/c1-4-19-9-11(8-17-19)10-21-15(20)13-7-12(16)5-6-14(13)18(2)3/h5-9H,4,10,16H2,1-3H3. The molecule has 0 bridgehead atoms. The summed E-state index contributed by atoms with van der Waals surface area (Å²) in [5.74, 6) is -0.393. The van der Waals surface area contributed by atoms with E-state index < -0.39 is 5.97 Å². The molecule has 0 atom stereocenters. The second-order valence-corrected chi connectivity index (χ2v) is 4.95. The van der Waals surface area contributed by atoms with Crippen LogP contribution in [0, 0.1) is 0 Å². The monoisotopic (exact) mass is 288 g/mol. The number of anilines is 2. The number of aromatic nitrogens is 2. The van der Waals surface area contributed by atoms with Crippen molar-refractivity contribution in [1.82, 2.24) is 9.78 Å². The van der Waals surface area contributed by atoms with Crippen LogP contribution in [0.5, 0.6) is 0 Å². The van der Waals surface area contributed by atoms with Gasteiger partial charge in [-0.2, -0.15) is 5.10 Å². The highest BCUT2D eigenvalue weighted by atomic mass is 16.5. The van der Waals surface area contributed by atoms with Crippen molar-refractivity contribution in [2.45, 2.75) is 20.1 Å². The number of nitrogens with zero attached hydrogens (tertiary/aromatic N) is 3. The average molecular weight is 288 g/mol. The fourth-order valence-electron chi connectivity index (χ4n) is 1.99. The van der Waals surface area contributed by atoms with Gasteiger partial charge in [0.2, 0.25) is 0 Å². The zero-order valence-corrected chi connectivity index (χ0v) is 12.5. The molecule has 2 rings (SSSR count). The first-order valence-corrected chi connectivity index (χ1v) is 6.76. The van der Waals surface area contributed by atoms with Crippen LogP contribution >= 0.6 is 0 Å². The predicted molar refractivity (Wildman–Crippen MR) is 82.2 cm³/mol. The maximum atomic E-state index is 12.2. The van der Waals surface area contributed by atoms with Crippen molar-refractivity contribution in [3.05, 3.63) is 41.7 Å². The van der Waals surface area contributed by atoms with E-state index in [0.717, 1.165) is 17.8 Å². The summed E-state index contributed by atoms with van der Waals surface area (Å²) in [5.41, 5.74) is 8.39. The Morgan fingerprint density at radius 2 is 2.19 bits per heavy atom. The summed E-state index contributed by atoms with van der Waals surface area (Å²) in [4.78, 5) is 14.1. The Kier molecular flexibility index (Phi) is 4.47. The summed E-state index contributed by atoms with van der Waals surface area (Å²) in [6.45, 7) is 2.98. The molecule has 1 aromatic carbocycles. The van der Waals surface area contributed by atoms with Crippen LogP contribution in [0.25, 0.3) is 0 Å². The van der Waals surface area contributed by atoms with Crippen molar-refractivity contribution in [1.29, 1.82) is 0 Å². The van der Waals surface area contributed by atoms with Crippen LogP contribution in [-0.2, 0) is 17.9 Å². The third kappa shape index (κ3) is 3.53. The summed E-state index contributed by atoms with van der Waals surface area (Å²) < 4.78 is 7.13. The Morgan fingerprint density at radius 3 is 2.81 bits per heavy atom. The predicted octanol–water partition coefficient (Wildman–Crippen LogP) is 1.91. The number of aryl methyl sites for hydroxylation is 1. The lowest BCUT2D eigenvalue weighted by molar-refractivity contribution is 0.0473. The number of hydrogen-bond acceptors (Lipinski definition) is 5. The summed E-state index contributed by atoms with van der Waals surface area (Å²) in [6, 6.07) is 5.20. The summed E-state index contributed by atoms with van der Waals surface area (Å²) in [5, 5.41) is 4.14. The molecule has 2 aromatic rings. The fraction of sp³-hybridized carbons (Fsp3) is 0.333. The topological polar surface area (TPSA) is 73.4 Å². The van der Waals surface area contributed by atoms with Crippen molar-refractivity contribution >= 4 is 17.3 Å². The molecule has 1 aromatic heterocycles. The molecular weight excluding hydrogens is 268 g/mol. The molecule has 0 fully saturated rings. The SMILES string of the molecule is CCn1cc(COC(=O)c2cc(N)ccc2N(C)C)cn1. The molecule has 0 aliphatic rings. The van der Waals surface area contributed by atoms with E-state index in [1.807, 2.05) is 32.1 Å². The van der Waals surface area contributed by atoms with Gasteiger partial charge < -0.3 is 15.4 Å². The summed E-state index contributed by atoms with van der Waals surface area (Å²) in [7, 11) is 3.74. The van der Waals surface area contributed by atoms with Gasteiger partial charge in [0.25, 0.3) is 0 Å². The highest BCUT2D eigenvalue weighted by molar-refractivity contribution is 5.96. The maximum Gasteiger partial charge on any atom is 0.340 e. The van der Waals surface area contributed by atoms with Gasteiger partial charge in [-0.05, 0) is 25.1 Å². The molecule has 0 saturated carbocycles. The van der Waals surface area contributed by atoms with E-state index in [4.69, 9.17) is 10.5 Å². The number of ether oxygens (including phenoxy) is 1. The molecule has 0 aliphatic heterocycles. The first kappa shape index (κ1) is 14.9. The molecule has 112 valence electrons. The Bertz CT molecular complexity index is 634. The lowest BCUT2D eigenvalue weighted by atomic mass is 10.1. The van der Waals surface area contributed by atoms with Crippen LogP contribution in [-0.4, -0.2) is 29.8 Å². The molecular formula is C15H20N4O2. The Hall–Kier alpha value is -2.50. The number of esters is 1. The number of carbonyl (C=O) groups excluding carboxylic acids is 1. The number of carbonyl (C=O) groups is 1. The molecule has 0 aliphatic carbocycles. The van der Waals surface area contributed by atoms with Gasteiger partial charge in [-0.3, -0.25) is 4.68 Å². The molecule has 0 saturated heterocycles. The number of rotatable bonds is 5. The Morgan fingerprint density at radius 1 is 1.43 bits per heavy atom. The fourth-order valence-corrected chi connectivity index (χ4v) is 1.99. The quantitative estimate of drug-likeness (QED) is 0.672. The highest BCUT2D eigenvalue weighted by Crippen LogP contribution is 2.22. The van der Waals surface area contributed by atoms with E-state index in [1.54, 1.807) is 29.1 Å². The highest BCUT2D eigenvalue weighted by Gasteiger charge is 2.15. The molecule has 0 radical (unpaired) electrons. The number of nitrogen functional groups attached to an aromatic ring is 1. The van der Waals surface area contributed by atoms with Crippen molar-refractivity contribution < 1.29 is 9.53 Å². The van der Waals surface area contributed by atoms with Crippen LogP contribution in [0.3, 0.4) is 0 Å². The summed E-state index contributed by atoms with van der Waals surface area (Å²) in [6.07, 6.45) is 3.56. The third-order valence-corrected chi connectivity index (χ3v) is 3.10. The maximum absolute atomic E-state index is 12.2. The van der Waals surface area contributed by atoms with Crippen molar-refractivity contribution in [3.63, 3.8) is 0 Å². The molecule has 21 heavy (non-hydrogen) atoms. The molecule has 0 unspecified atom stereocenters. The molecule has 1 heterocycles. The smallest absolute Gasteiger partial charge is 0.340 e. The molecule has 0 amide bonds. The molecule has 6 heteroatoms. The Labute approximate surface area is 124 Å². The van der Waals surface area contributed by atoms with Gasteiger partial charge in [-0.15, -0.1) is 0 Å². The first-order chi connectivity index (χ1) is 10.0. The second-order valence-electron chi connectivity index (χ2n) is 4.95. The van der Waals surface area contributed by atoms with Crippen molar-refractivity contribution in [2.75, 3.05) is 24.7 Å². The van der Waals surface area contributed by atoms with Crippen molar-refractivity contribution in [2.24, 2.45) is 0 Å². The zero-order valence-electron chi connectivity index (χ0n) is 12.5. The minimum Gasteiger partial charge on any atom is -0.457 e. The lowest BCUT2D eigenvalue weighted by Crippen LogP contribution is -2.15. The lowest BCUT2D eigenvalue weighted by Gasteiger charge is -2.17. The van der Waals surface area contributed by atoms with Gasteiger partial charge in [-0.25, -0.2) is 4.79 Å². The van der Waals surface area contributed by atoms with E-state index in [2.05, 4.69) is 5.10 Å². The van der Waals surface area contributed by atoms with E-state index >= 15 is 0 Å². The molecule has 2 N–H and O–H groups in total. The van der Waals surface area contributed by atoms with Gasteiger partial charge in [0.05, 0.1) is 17.4 Å². The zero-order chi connectivity index (χ0) is 15.4. The first-order valence-electron chi connectivity index (χ1n) is 6.76. The largest absolute Gasteiger partial charge is 0.457 e. The number of nitrogens with two attached hydrogens (primary N) is 1. The molecule has 6 nitrogen and oxygen atoms in total. The molecule has 0 spiro atoms. The van der Waals surface area contributed by atoms with Crippen molar-refractivity contribution in [3.8, 4) is 0 Å². The van der Waals surface area contributed by atoms with E-state index in [9.17, 15) is 4.79 Å². The minimum absolute atomic E-state index is 0.195. The van der Waals surface area contributed by atoms with Gasteiger partial charge in [0.1, 0.15) is 6.61 Å². The van der Waals surface area contributed by atoms with Crippen LogP contribution < -0.4 is 10.6 Å². The third-order valence-electron chi connectivity index (χ3n) is 3.10. The van der Waals surface area contributed by atoms with Crippen LogP contribution in [0.15, 0.2) is 30.6 Å². The summed E-state index contributed by atoms with van der Waals surface area (Å²) >= 11 is 0. The van der Waals surface area contributed by atoms with E-state index in [-0.39, 0.29) is 6.61 Å². The average Bonchev–Trinajstić information content (AvgIpc) is 2.92. The Balaban J connectivity index is 2.11. The van der Waals surface area contributed by atoms with Crippen LogP contribution in [0.4, 0.5) is 11.4 Å². The van der Waals surface area contributed by atoms with Crippen LogP contribution in [0.2, 0.25) is 0 Å². The van der Waals surface area contributed by atoms with E-state index in [0.29, 0.717) is 11.3 Å². The van der Waals surface area contributed by atoms with Gasteiger partial charge in [0, 0.05) is 38.1 Å². The van der Waals surface area contributed by atoms with Crippen LogP contribution in [0.1, 0.15) is 22.8 Å². The number of hydrogen-bond donors (Lipinski definition) is 1. The second kappa shape index (κ2) is 6.30. The normalized spacial score (nSPS) is 10.4. The van der Waals surface area contributed by atoms with Gasteiger partial charge in [-0.1, -0.05) is 0 Å². The van der Waals surface area contributed by atoms with Gasteiger partial charge in [0.15, 0.2) is 0 Å². The van der Waals surface area contributed by atoms with E-state index in [1.165, 1.54) is 0 Å². The minimum atomic E-state index is -0.393. The number of benzene rings is 1.